The number of ether oxygens (including phenoxy) is 1. The van der Waals surface area contributed by atoms with Crippen molar-refractivity contribution in [2.45, 2.75) is 19.7 Å². The molecule has 2 aromatic rings. The number of methoxy groups -OCH3 is 1. The Hall–Kier alpha value is -3.65. The lowest BCUT2D eigenvalue weighted by Crippen LogP contribution is -2.42. The number of aromatic hydroxyl groups is 1. The SMILES string of the molecule is C=C(/C=C\C=C/N)c1c(COC)n2c(c(O)c1=O)C(=O)N(Cc1ccc(F)cc1)CC2. The normalized spacial score (nSPS) is 13.9. The van der Waals surface area contributed by atoms with Gasteiger partial charge in [0.15, 0.2) is 11.4 Å². The largest absolute Gasteiger partial charge is 0.503 e. The van der Waals surface area contributed by atoms with Crippen molar-refractivity contribution in [1.82, 2.24) is 9.47 Å². The summed E-state index contributed by atoms with van der Waals surface area (Å²) in [6.45, 7) is 4.91. The molecule has 0 aliphatic carbocycles. The molecule has 8 heteroatoms. The molecular formula is C23H24FN3O4. The third-order valence-corrected chi connectivity index (χ3v) is 5.04. The van der Waals surface area contributed by atoms with Gasteiger partial charge in [-0.15, -0.1) is 0 Å². The van der Waals surface area contributed by atoms with E-state index in [9.17, 15) is 19.1 Å². The molecule has 3 rings (SSSR count). The molecule has 0 radical (unpaired) electrons. The fourth-order valence-electron chi connectivity index (χ4n) is 3.59. The van der Waals surface area contributed by atoms with Crippen LogP contribution in [-0.2, 0) is 24.4 Å². The van der Waals surface area contributed by atoms with Crippen molar-refractivity contribution < 1.29 is 19.0 Å². The van der Waals surface area contributed by atoms with Crippen molar-refractivity contribution in [1.29, 1.82) is 0 Å². The van der Waals surface area contributed by atoms with Gasteiger partial charge in [0.1, 0.15) is 5.82 Å². The number of pyridine rings is 1. The molecule has 1 aliphatic heterocycles. The third kappa shape index (κ3) is 4.44. The fraction of sp³-hybridized carbons (Fsp3) is 0.217. The van der Waals surface area contributed by atoms with E-state index in [1.165, 1.54) is 30.3 Å². The Kier molecular flexibility index (Phi) is 6.71. The van der Waals surface area contributed by atoms with Gasteiger partial charge in [-0.25, -0.2) is 4.39 Å². The zero-order valence-electron chi connectivity index (χ0n) is 17.2. The van der Waals surface area contributed by atoms with Gasteiger partial charge in [-0.3, -0.25) is 9.59 Å². The van der Waals surface area contributed by atoms with Crippen LogP contribution in [0.25, 0.3) is 5.57 Å². The minimum atomic E-state index is -0.693. The standard InChI is InChI=1S/C23H24FN3O4/c1-15(5-3-4-10-25)19-18(14-31-2)27-12-11-26(13-16-6-8-17(24)9-7-16)23(30)20(27)22(29)21(19)28/h3-10,29H,1,11-14,25H2,2H3/b5-3-,10-4-. The minimum absolute atomic E-state index is 0.0582. The molecule has 1 amide bonds. The number of benzene rings is 1. The molecule has 2 heterocycles. The molecule has 0 atom stereocenters. The molecule has 1 aromatic carbocycles. The Morgan fingerprint density at radius 3 is 2.61 bits per heavy atom. The van der Waals surface area contributed by atoms with E-state index in [2.05, 4.69) is 6.58 Å². The van der Waals surface area contributed by atoms with E-state index < -0.39 is 17.1 Å². The highest BCUT2D eigenvalue weighted by molar-refractivity contribution is 5.96. The molecule has 31 heavy (non-hydrogen) atoms. The average Bonchev–Trinajstić information content (AvgIpc) is 2.75. The monoisotopic (exact) mass is 425 g/mol. The van der Waals surface area contributed by atoms with Crippen molar-refractivity contribution in [2.24, 2.45) is 5.73 Å². The van der Waals surface area contributed by atoms with Crippen LogP contribution in [-0.4, -0.2) is 34.1 Å². The van der Waals surface area contributed by atoms with Crippen molar-refractivity contribution in [3.63, 3.8) is 0 Å². The number of aromatic nitrogens is 1. The lowest BCUT2D eigenvalue weighted by molar-refractivity contribution is 0.0675. The molecule has 0 unspecified atom stereocenters. The van der Waals surface area contributed by atoms with E-state index in [1.807, 2.05) is 0 Å². The van der Waals surface area contributed by atoms with Gasteiger partial charge in [0.2, 0.25) is 5.43 Å². The molecule has 0 bridgehead atoms. The molecule has 3 N–H and O–H groups in total. The second-order valence-corrected chi connectivity index (χ2v) is 7.06. The maximum absolute atomic E-state index is 13.2. The van der Waals surface area contributed by atoms with Gasteiger partial charge in [0, 0.05) is 26.7 Å². The number of hydrogen-bond donors (Lipinski definition) is 2. The minimum Gasteiger partial charge on any atom is -0.503 e. The summed E-state index contributed by atoms with van der Waals surface area (Å²) in [5.74, 6) is -1.48. The predicted octanol–water partition coefficient (Wildman–Crippen LogP) is 2.54. The van der Waals surface area contributed by atoms with Crippen LogP contribution in [0.4, 0.5) is 4.39 Å². The number of hydrogen-bond acceptors (Lipinski definition) is 5. The van der Waals surface area contributed by atoms with Crippen molar-refractivity contribution in [3.05, 3.63) is 93.8 Å². The topological polar surface area (TPSA) is 97.8 Å². The number of carbonyl (C=O) groups excluding carboxylic acids is 1. The first-order valence-electron chi connectivity index (χ1n) is 9.64. The molecule has 0 spiro atoms. The number of nitrogens with two attached hydrogens (primary N) is 1. The Labute approximate surface area is 179 Å². The van der Waals surface area contributed by atoms with Crippen LogP contribution in [0.15, 0.2) is 60.1 Å². The second kappa shape index (κ2) is 9.44. The first kappa shape index (κ1) is 22.0. The molecule has 7 nitrogen and oxygen atoms in total. The van der Waals surface area contributed by atoms with Gasteiger partial charge >= 0.3 is 0 Å². The van der Waals surface area contributed by atoms with Crippen molar-refractivity contribution in [3.8, 4) is 5.75 Å². The molecular weight excluding hydrogens is 401 g/mol. The summed E-state index contributed by atoms with van der Waals surface area (Å²) >= 11 is 0. The van der Waals surface area contributed by atoms with Crippen LogP contribution in [0.3, 0.4) is 0 Å². The van der Waals surface area contributed by atoms with E-state index in [4.69, 9.17) is 10.5 Å². The van der Waals surface area contributed by atoms with E-state index in [0.717, 1.165) is 5.56 Å². The van der Waals surface area contributed by atoms with Gasteiger partial charge in [0.05, 0.1) is 17.9 Å². The number of rotatable bonds is 7. The molecule has 1 aliphatic rings. The lowest BCUT2D eigenvalue weighted by atomic mass is 10.0. The predicted molar refractivity (Wildman–Crippen MR) is 116 cm³/mol. The Morgan fingerprint density at radius 1 is 1.26 bits per heavy atom. The van der Waals surface area contributed by atoms with E-state index in [1.54, 1.807) is 34.9 Å². The van der Waals surface area contributed by atoms with Gasteiger partial charge < -0.3 is 25.0 Å². The Balaban J connectivity index is 2.05. The number of carbonyl (C=O) groups is 1. The van der Waals surface area contributed by atoms with Crippen LogP contribution < -0.4 is 11.2 Å². The zero-order chi connectivity index (χ0) is 22.5. The number of fused-ring (bicyclic) bond motifs is 1. The molecule has 1 aromatic heterocycles. The summed E-state index contributed by atoms with van der Waals surface area (Å²) in [7, 11) is 1.48. The summed E-state index contributed by atoms with van der Waals surface area (Å²) in [4.78, 5) is 27.6. The van der Waals surface area contributed by atoms with Crippen LogP contribution in [0.2, 0.25) is 0 Å². The second-order valence-electron chi connectivity index (χ2n) is 7.06. The first-order chi connectivity index (χ1) is 14.9. The highest BCUT2D eigenvalue weighted by Crippen LogP contribution is 2.28. The summed E-state index contributed by atoms with van der Waals surface area (Å²) in [5, 5.41) is 10.7. The lowest BCUT2D eigenvalue weighted by Gasteiger charge is -2.32. The number of halogens is 1. The van der Waals surface area contributed by atoms with E-state index in [-0.39, 0.29) is 30.2 Å². The maximum atomic E-state index is 13.2. The Morgan fingerprint density at radius 2 is 1.97 bits per heavy atom. The third-order valence-electron chi connectivity index (χ3n) is 5.04. The summed E-state index contributed by atoms with van der Waals surface area (Å²) in [6.07, 6.45) is 6.13. The summed E-state index contributed by atoms with van der Waals surface area (Å²) in [6, 6.07) is 5.83. The van der Waals surface area contributed by atoms with Gasteiger partial charge in [0.25, 0.3) is 5.91 Å². The number of allylic oxidation sites excluding steroid dienone is 4. The van der Waals surface area contributed by atoms with E-state index in [0.29, 0.717) is 24.4 Å². The molecule has 0 fully saturated rings. The quantitative estimate of drug-likeness (QED) is 0.665. The molecule has 0 saturated carbocycles. The Bertz CT molecular complexity index is 1120. The van der Waals surface area contributed by atoms with Gasteiger partial charge in [-0.05, 0) is 35.5 Å². The smallest absolute Gasteiger partial charge is 0.274 e. The number of amides is 1. The molecule has 0 saturated heterocycles. The van der Waals surface area contributed by atoms with Crippen LogP contribution >= 0.6 is 0 Å². The number of nitrogens with zero attached hydrogens (tertiary/aromatic N) is 2. The maximum Gasteiger partial charge on any atom is 0.274 e. The van der Waals surface area contributed by atoms with Crippen LogP contribution in [0.1, 0.15) is 27.3 Å². The van der Waals surface area contributed by atoms with Crippen molar-refractivity contribution >= 4 is 11.5 Å². The average molecular weight is 425 g/mol. The van der Waals surface area contributed by atoms with Crippen LogP contribution in [0, 0.1) is 5.82 Å². The summed E-state index contributed by atoms with van der Waals surface area (Å²) < 4.78 is 20.1. The van der Waals surface area contributed by atoms with E-state index >= 15 is 0 Å². The van der Waals surface area contributed by atoms with Crippen molar-refractivity contribution in [2.75, 3.05) is 13.7 Å². The van der Waals surface area contributed by atoms with Gasteiger partial charge in [-0.1, -0.05) is 30.9 Å². The molecule has 162 valence electrons. The highest BCUT2D eigenvalue weighted by Gasteiger charge is 2.32. The summed E-state index contributed by atoms with van der Waals surface area (Å²) in [5.41, 5.74) is 6.28. The highest BCUT2D eigenvalue weighted by atomic mass is 19.1. The van der Waals surface area contributed by atoms with Gasteiger partial charge in [-0.2, -0.15) is 0 Å². The zero-order valence-corrected chi connectivity index (χ0v) is 17.2. The fourth-order valence-corrected chi connectivity index (χ4v) is 3.59. The first-order valence-corrected chi connectivity index (χ1v) is 9.64. The van der Waals surface area contributed by atoms with Crippen LogP contribution in [0.5, 0.6) is 5.75 Å².